The Morgan fingerprint density at radius 3 is 2.67 bits per heavy atom. The quantitative estimate of drug-likeness (QED) is 0.867. The molecule has 0 saturated carbocycles. The van der Waals surface area contributed by atoms with Gasteiger partial charge in [0.2, 0.25) is 0 Å². The summed E-state index contributed by atoms with van der Waals surface area (Å²) in [5.41, 5.74) is 3.27. The number of fused-ring (bicyclic) bond motifs is 1. The molecule has 1 aromatic carbocycles. The third-order valence-corrected chi connectivity index (χ3v) is 5.75. The van der Waals surface area contributed by atoms with Crippen LogP contribution >= 0.6 is 23.1 Å². The molecule has 0 atom stereocenters. The molecular weight excluding hydrogens is 305 g/mol. The maximum absolute atomic E-state index is 12.9. The number of hydrogen-bond donors (Lipinski definition) is 1. The molecule has 108 valence electrons. The second-order valence-corrected chi connectivity index (χ2v) is 7.16. The molecule has 0 saturated heterocycles. The first-order valence-electron chi connectivity index (χ1n) is 6.55. The molecule has 0 radical (unpaired) electrons. The molecule has 5 heteroatoms. The number of carbonyl (C=O) groups excluding carboxylic acids is 1. The monoisotopic (exact) mass is 319 g/mol. The Morgan fingerprint density at radius 1 is 1.24 bits per heavy atom. The Kier molecular flexibility index (Phi) is 3.87. The molecule has 1 aliphatic rings. The Morgan fingerprint density at radius 2 is 1.95 bits per heavy atom. The zero-order valence-corrected chi connectivity index (χ0v) is 13.3. The number of carbonyl (C=O) groups is 1. The van der Waals surface area contributed by atoms with Gasteiger partial charge in [-0.05, 0) is 55.3 Å². The fourth-order valence-corrected chi connectivity index (χ4v) is 4.52. The SMILES string of the molecule is Cc1sc2c(c1C)CSC(C(=O)Nc1ccc(F)cc1)=C2. The summed E-state index contributed by atoms with van der Waals surface area (Å²) in [5, 5.41) is 2.80. The third kappa shape index (κ3) is 2.89. The molecule has 1 aromatic heterocycles. The first-order chi connectivity index (χ1) is 10.0. The average Bonchev–Trinajstić information content (AvgIpc) is 2.76. The van der Waals surface area contributed by atoms with Crippen LogP contribution in [-0.4, -0.2) is 5.91 Å². The Labute approximate surface area is 131 Å². The number of amides is 1. The fourth-order valence-electron chi connectivity index (χ4n) is 2.16. The van der Waals surface area contributed by atoms with Crippen LogP contribution in [0.5, 0.6) is 0 Å². The molecule has 1 N–H and O–H groups in total. The lowest BCUT2D eigenvalue weighted by Gasteiger charge is -2.13. The van der Waals surface area contributed by atoms with Crippen molar-refractivity contribution in [3.8, 4) is 0 Å². The van der Waals surface area contributed by atoms with Crippen molar-refractivity contribution in [2.75, 3.05) is 5.32 Å². The first kappa shape index (κ1) is 14.4. The van der Waals surface area contributed by atoms with Crippen molar-refractivity contribution >= 4 is 40.8 Å². The van der Waals surface area contributed by atoms with Gasteiger partial charge in [0.25, 0.3) is 5.91 Å². The van der Waals surface area contributed by atoms with Crippen molar-refractivity contribution in [2.45, 2.75) is 19.6 Å². The second-order valence-electron chi connectivity index (χ2n) is 4.88. The van der Waals surface area contributed by atoms with Crippen LogP contribution in [0.25, 0.3) is 6.08 Å². The van der Waals surface area contributed by atoms with Crippen molar-refractivity contribution in [1.82, 2.24) is 0 Å². The van der Waals surface area contributed by atoms with E-state index in [0.29, 0.717) is 10.6 Å². The molecule has 2 heterocycles. The van der Waals surface area contributed by atoms with Crippen molar-refractivity contribution in [3.63, 3.8) is 0 Å². The molecule has 0 bridgehead atoms. The van der Waals surface area contributed by atoms with Crippen molar-refractivity contribution in [2.24, 2.45) is 0 Å². The van der Waals surface area contributed by atoms with E-state index < -0.39 is 0 Å². The summed E-state index contributed by atoms with van der Waals surface area (Å²) in [6.07, 6.45) is 1.95. The van der Waals surface area contributed by atoms with Crippen LogP contribution in [0.1, 0.15) is 20.9 Å². The standard InChI is InChI=1S/C16H14FNOS2/c1-9-10(2)21-14-7-15(20-8-13(9)14)16(19)18-12-5-3-11(17)4-6-12/h3-7H,8H2,1-2H3,(H,18,19). The van der Waals surface area contributed by atoms with E-state index in [2.05, 4.69) is 19.2 Å². The molecule has 0 fully saturated rings. The van der Waals surface area contributed by atoms with Crippen LogP contribution in [0.15, 0.2) is 29.2 Å². The van der Waals surface area contributed by atoms with Crippen molar-refractivity contribution in [3.05, 3.63) is 55.9 Å². The molecule has 2 aromatic rings. The third-order valence-electron chi connectivity index (χ3n) is 3.50. The number of thiophene rings is 1. The van der Waals surface area contributed by atoms with E-state index in [4.69, 9.17) is 0 Å². The van der Waals surface area contributed by atoms with Gasteiger partial charge in [0.15, 0.2) is 0 Å². The number of halogens is 1. The summed E-state index contributed by atoms with van der Waals surface area (Å²) in [6.45, 7) is 4.23. The highest BCUT2D eigenvalue weighted by Crippen LogP contribution is 2.39. The van der Waals surface area contributed by atoms with Crippen LogP contribution in [0, 0.1) is 19.7 Å². The minimum absolute atomic E-state index is 0.138. The van der Waals surface area contributed by atoms with Crippen LogP contribution in [0.3, 0.4) is 0 Å². The van der Waals surface area contributed by atoms with Crippen molar-refractivity contribution in [1.29, 1.82) is 0 Å². The normalized spacial score (nSPS) is 13.6. The zero-order valence-electron chi connectivity index (χ0n) is 11.7. The van der Waals surface area contributed by atoms with E-state index in [1.165, 1.54) is 33.0 Å². The van der Waals surface area contributed by atoms with Gasteiger partial charge in [0, 0.05) is 21.2 Å². The maximum atomic E-state index is 12.9. The largest absolute Gasteiger partial charge is 0.322 e. The van der Waals surface area contributed by atoms with Crippen LogP contribution in [0.4, 0.5) is 10.1 Å². The van der Waals surface area contributed by atoms with Gasteiger partial charge in [-0.2, -0.15) is 0 Å². The van der Waals surface area contributed by atoms with E-state index in [1.54, 1.807) is 35.2 Å². The van der Waals surface area contributed by atoms with Gasteiger partial charge in [-0.1, -0.05) is 0 Å². The number of hydrogen-bond acceptors (Lipinski definition) is 3. The van der Waals surface area contributed by atoms with Gasteiger partial charge in [-0.15, -0.1) is 23.1 Å². The smallest absolute Gasteiger partial charge is 0.262 e. The lowest BCUT2D eigenvalue weighted by molar-refractivity contribution is -0.112. The minimum Gasteiger partial charge on any atom is -0.322 e. The Balaban J connectivity index is 1.81. The molecule has 3 rings (SSSR count). The van der Waals surface area contributed by atoms with Gasteiger partial charge in [0.1, 0.15) is 5.82 Å². The van der Waals surface area contributed by atoms with E-state index in [9.17, 15) is 9.18 Å². The summed E-state index contributed by atoms with van der Waals surface area (Å²) in [5.74, 6) is 0.378. The molecule has 0 spiro atoms. The highest BCUT2D eigenvalue weighted by molar-refractivity contribution is 8.03. The van der Waals surface area contributed by atoms with Gasteiger partial charge >= 0.3 is 0 Å². The second kappa shape index (κ2) is 5.66. The number of thioether (sulfide) groups is 1. The predicted molar refractivity (Wildman–Crippen MR) is 88.1 cm³/mol. The lowest BCUT2D eigenvalue weighted by Crippen LogP contribution is -2.14. The highest BCUT2D eigenvalue weighted by atomic mass is 32.2. The zero-order chi connectivity index (χ0) is 15.0. The molecule has 0 aliphatic carbocycles. The highest BCUT2D eigenvalue weighted by Gasteiger charge is 2.21. The predicted octanol–water partition coefficient (Wildman–Crippen LogP) is 4.73. The topological polar surface area (TPSA) is 29.1 Å². The number of anilines is 1. The summed E-state index contributed by atoms with van der Waals surface area (Å²) in [6, 6.07) is 5.79. The molecule has 1 aliphatic heterocycles. The first-order valence-corrected chi connectivity index (χ1v) is 8.35. The van der Waals surface area contributed by atoms with E-state index in [0.717, 1.165) is 5.75 Å². The van der Waals surface area contributed by atoms with E-state index in [1.807, 2.05) is 6.08 Å². The van der Waals surface area contributed by atoms with Crippen LogP contribution < -0.4 is 5.32 Å². The van der Waals surface area contributed by atoms with Gasteiger partial charge in [0.05, 0.1) is 4.91 Å². The molecular formula is C16H14FNOS2. The fraction of sp³-hybridized carbons (Fsp3) is 0.188. The summed E-state index contributed by atoms with van der Waals surface area (Å²) < 4.78 is 12.9. The number of aryl methyl sites for hydroxylation is 1. The summed E-state index contributed by atoms with van der Waals surface area (Å²) in [4.78, 5) is 15.4. The Bertz CT molecular complexity index is 731. The minimum atomic E-state index is -0.312. The van der Waals surface area contributed by atoms with Gasteiger partial charge in [-0.3, -0.25) is 4.79 Å². The van der Waals surface area contributed by atoms with Crippen LogP contribution in [0.2, 0.25) is 0 Å². The Hall–Kier alpha value is -1.59. The molecule has 1 amide bonds. The van der Waals surface area contributed by atoms with Crippen LogP contribution in [-0.2, 0) is 10.5 Å². The van der Waals surface area contributed by atoms with Gasteiger partial charge < -0.3 is 5.32 Å². The summed E-state index contributed by atoms with van der Waals surface area (Å²) in [7, 11) is 0. The lowest BCUT2D eigenvalue weighted by atomic mass is 10.1. The summed E-state index contributed by atoms with van der Waals surface area (Å²) >= 11 is 3.27. The number of nitrogens with one attached hydrogen (secondary N) is 1. The molecule has 0 unspecified atom stereocenters. The van der Waals surface area contributed by atoms with Crippen molar-refractivity contribution < 1.29 is 9.18 Å². The maximum Gasteiger partial charge on any atom is 0.262 e. The van der Waals surface area contributed by atoms with E-state index in [-0.39, 0.29) is 11.7 Å². The van der Waals surface area contributed by atoms with Gasteiger partial charge in [-0.25, -0.2) is 4.39 Å². The molecule has 2 nitrogen and oxygen atoms in total. The average molecular weight is 319 g/mol. The number of benzene rings is 1. The molecule has 21 heavy (non-hydrogen) atoms. The number of rotatable bonds is 2. The van der Waals surface area contributed by atoms with E-state index >= 15 is 0 Å².